The van der Waals surface area contributed by atoms with Crippen molar-refractivity contribution >= 4 is 16.9 Å². The molecule has 9 heteroatoms. The Hall–Kier alpha value is -2.52. The van der Waals surface area contributed by atoms with Gasteiger partial charge in [0.15, 0.2) is 5.65 Å². The fourth-order valence-electron chi connectivity index (χ4n) is 3.89. The lowest BCUT2D eigenvalue weighted by Crippen LogP contribution is -2.37. The van der Waals surface area contributed by atoms with E-state index in [4.69, 9.17) is 4.74 Å². The molecule has 9 nitrogen and oxygen atoms in total. The van der Waals surface area contributed by atoms with Crippen LogP contribution in [0.1, 0.15) is 62.5 Å². The molecule has 32 heavy (non-hydrogen) atoms. The maximum absolute atomic E-state index is 13.1. The first-order valence-corrected chi connectivity index (χ1v) is 11.5. The van der Waals surface area contributed by atoms with E-state index >= 15 is 0 Å². The Bertz CT molecular complexity index is 1050. The Kier molecular flexibility index (Phi) is 8.20. The number of hydrogen-bond acceptors (Lipinski definition) is 6. The largest absolute Gasteiger partial charge is 0.379 e. The molecule has 1 saturated heterocycles. The molecule has 176 valence electrons. The molecule has 3 rings (SSSR count). The molecule has 1 fully saturated rings. The van der Waals surface area contributed by atoms with Crippen molar-refractivity contribution in [3.8, 4) is 0 Å². The third-order valence-electron chi connectivity index (χ3n) is 5.64. The van der Waals surface area contributed by atoms with Gasteiger partial charge in [0.1, 0.15) is 0 Å². The average molecular weight is 446 g/mol. The van der Waals surface area contributed by atoms with Gasteiger partial charge in [0.05, 0.1) is 24.2 Å². The number of hydrogen-bond donors (Lipinski definition) is 2. The van der Waals surface area contributed by atoms with Crippen molar-refractivity contribution in [1.82, 2.24) is 24.8 Å². The van der Waals surface area contributed by atoms with Crippen LogP contribution in [-0.4, -0.2) is 64.7 Å². The van der Waals surface area contributed by atoms with Gasteiger partial charge in [-0.15, -0.1) is 0 Å². The van der Waals surface area contributed by atoms with Crippen LogP contribution >= 0.6 is 0 Å². The number of unbranched alkanes of at least 4 members (excludes halogenated alkanes) is 1. The third kappa shape index (κ3) is 5.83. The van der Waals surface area contributed by atoms with Crippen molar-refractivity contribution in [2.24, 2.45) is 5.92 Å². The monoisotopic (exact) mass is 445 g/mol. The quantitative estimate of drug-likeness (QED) is 0.569. The number of morpholine rings is 1. The molecule has 0 saturated carbocycles. The molecule has 1 aliphatic heterocycles. The Morgan fingerprint density at radius 3 is 2.56 bits per heavy atom. The van der Waals surface area contributed by atoms with E-state index in [-0.39, 0.29) is 34.3 Å². The SMILES string of the molecule is CC(C)Cn1c(=O)[nH]c(=O)c2c(C(=O)NCCCCN3CCOCC3)cc(C(C)C)nc21. The second-order valence-electron chi connectivity index (χ2n) is 9.13. The van der Waals surface area contributed by atoms with Gasteiger partial charge in [-0.25, -0.2) is 9.78 Å². The number of H-pyrrole nitrogens is 1. The van der Waals surface area contributed by atoms with Crippen LogP contribution < -0.4 is 16.6 Å². The maximum Gasteiger partial charge on any atom is 0.330 e. The Morgan fingerprint density at radius 1 is 1.19 bits per heavy atom. The Labute approximate surface area is 188 Å². The van der Waals surface area contributed by atoms with Crippen LogP contribution in [0.15, 0.2) is 15.7 Å². The number of carbonyl (C=O) groups is 1. The number of aromatic nitrogens is 3. The summed E-state index contributed by atoms with van der Waals surface area (Å²) in [6, 6.07) is 1.68. The summed E-state index contributed by atoms with van der Waals surface area (Å²) in [6.45, 7) is 13.3. The van der Waals surface area contributed by atoms with Crippen molar-refractivity contribution in [3.05, 3.63) is 38.2 Å². The number of pyridine rings is 1. The normalized spacial score (nSPS) is 15.1. The summed E-state index contributed by atoms with van der Waals surface area (Å²) in [7, 11) is 0. The number of aromatic amines is 1. The fraction of sp³-hybridized carbons (Fsp3) is 0.652. The number of nitrogens with one attached hydrogen (secondary N) is 2. The summed E-state index contributed by atoms with van der Waals surface area (Å²) in [4.78, 5) is 47.6. The summed E-state index contributed by atoms with van der Waals surface area (Å²) < 4.78 is 6.83. The highest BCUT2D eigenvalue weighted by Gasteiger charge is 2.20. The van der Waals surface area contributed by atoms with E-state index in [2.05, 4.69) is 20.2 Å². The van der Waals surface area contributed by atoms with Crippen LogP contribution in [0.4, 0.5) is 0 Å². The number of amides is 1. The molecular formula is C23H35N5O4. The van der Waals surface area contributed by atoms with Crippen LogP contribution in [0.5, 0.6) is 0 Å². The van der Waals surface area contributed by atoms with E-state index in [1.807, 2.05) is 27.7 Å². The van der Waals surface area contributed by atoms with E-state index < -0.39 is 11.2 Å². The number of nitrogens with zero attached hydrogens (tertiary/aromatic N) is 3. The molecule has 0 aliphatic carbocycles. The molecule has 0 atom stereocenters. The highest BCUT2D eigenvalue weighted by atomic mass is 16.5. The van der Waals surface area contributed by atoms with Gasteiger partial charge in [-0.3, -0.25) is 24.0 Å². The summed E-state index contributed by atoms with van der Waals surface area (Å²) in [5.74, 6) is -0.0951. The first-order chi connectivity index (χ1) is 15.3. The summed E-state index contributed by atoms with van der Waals surface area (Å²) in [6.07, 6.45) is 1.82. The maximum atomic E-state index is 13.1. The van der Waals surface area contributed by atoms with E-state index in [0.29, 0.717) is 18.8 Å². The molecule has 1 aliphatic rings. The second kappa shape index (κ2) is 10.9. The van der Waals surface area contributed by atoms with Crippen LogP contribution in [-0.2, 0) is 11.3 Å². The molecule has 2 aromatic rings. The zero-order valence-electron chi connectivity index (χ0n) is 19.6. The van der Waals surface area contributed by atoms with Gasteiger partial charge >= 0.3 is 5.69 Å². The number of rotatable bonds is 9. The minimum absolute atomic E-state index is 0.0429. The van der Waals surface area contributed by atoms with Gasteiger partial charge < -0.3 is 10.1 Å². The topological polar surface area (TPSA) is 109 Å². The van der Waals surface area contributed by atoms with Crippen LogP contribution in [0.25, 0.3) is 11.0 Å². The van der Waals surface area contributed by atoms with Gasteiger partial charge in [0, 0.05) is 31.9 Å². The zero-order valence-corrected chi connectivity index (χ0v) is 19.6. The van der Waals surface area contributed by atoms with Gasteiger partial charge in [0.2, 0.25) is 0 Å². The molecule has 0 unspecified atom stereocenters. The fourth-order valence-corrected chi connectivity index (χ4v) is 3.89. The third-order valence-corrected chi connectivity index (χ3v) is 5.64. The summed E-state index contributed by atoms with van der Waals surface area (Å²) in [5, 5.41) is 3.11. The molecule has 0 bridgehead atoms. The second-order valence-corrected chi connectivity index (χ2v) is 9.13. The number of ether oxygens (including phenoxy) is 1. The standard InChI is InChI=1S/C23H35N5O4/c1-15(2)14-28-20-19(22(30)26-23(28)31)17(13-18(25-20)16(3)4)21(29)24-7-5-6-8-27-9-11-32-12-10-27/h13,15-16H,5-12,14H2,1-4H3,(H,24,29)(H,26,30,31). The summed E-state index contributed by atoms with van der Waals surface area (Å²) in [5.41, 5.74) is 0.142. The van der Waals surface area contributed by atoms with Crippen molar-refractivity contribution in [3.63, 3.8) is 0 Å². The molecular weight excluding hydrogens is 410 g/mol. The van der Waals surface area contributed by atoms with E-state index in [9.17, 15) is 14.4 Å². The highest BCUT2D eigenvalue weighted by molar-refractivity contribution is 6.05. The van der Waals surface area contributed by atoms with Crippen LogP contribution in [0.2, 0.25) is 0 Å². The summed E-state index contributed by atoms with van der Waals surface area (Å²) >= 11 is 0. The first-order valence-electron chi connectivity index (χ1n) is 11.5. The highest BCUT2D eigenvalue weighted by Crippen LogP contribution is 2.20. The van der Waals surface area contributed by atoms with Gasteiger partial charge in [-0.2, -0.15) is 0 Å². The zero-order chi connectivity index (χ0) is 23.3. The molecule has 0 spiro atoms. The van der Waals surface area contributed by atoms with Crippen LogP contribution in [0.3, 0.4) is 0 Å². The Balaban J connectivity index is 1.81. The minimum atomic E-state index is -0.578. The molecule has 3 heterocycles. The average Bonchev–Trinajstić information content (AvgIpc) is 2.75. The lowest BCUT2D eigenvalue weighted by Gasteiger charge is -2.26. The lowest BCUT2D eigenvalue weighted by atomic mass is 10.0. The van der Waals surface area contributed by atoms with Crippen LogP contribution in [0, 0.1) is 5.92 Å². The van der Waals surface area contributed by atoms with E-state index in [1.54, 1.807) is 6.07 Å². The van der Waals surface area contributed by atoms with Crippen molar-refractivity contribution < 1.29 is 9.53 Å². The predicted molar refractivity (Wildman–Crippen MR) is 124 cm³/mol. The van der Waals surface area contributed by atoms with Crippen molar-refractivity contribution in [2.45, 2.75) is 53.0 Å². The molecule has 2 aromatic heterocycles. The smallest absolute Gasteiger partial charge is 0.330 e. The van der Waals surface area contributed by atoms with E-state index in [0.717, 1.165) is 45.7 Å². The number of fused-ring (bicyclic) bond motifs is 1. The lowest BCUT2D eigenvalue weighted by molar-refractivity contribution is 0.0372. The molecule has 2 N–H and O–H groups in total. The predicted octanol–water partition coefficient (Wildman–Crippen LogP) is 1.71. The Morgan fingerprint density at radius 2 is 1.91 bits per heavy atom. The minimum Gasteiger partial charge on any atom is -0.379 e. The van der Waals surface area contributed by atoms with Gasteiger partial charge in [-0.05, 0) is 37.3 Å². The van der Waals surface area contributed by atoms with Gasteiger partial charge in [-0.1, -0.05) is 27.7 Å². The first kappa shape index (κ1) is 24.1. The van der Waals surface area contributed by atoms with Crippen molar-refractivity contribution in [2.75, 3.05) is 39.4 Å². The van der Waals surface area contributed by atoms with E-state index in [1.165, 1.54) is 4.57 Å². The van der Waals surface area contributed by atoms with Crippen molar-refractivity contribution in [1.29, 1.82) is 0 Å². The van der Waals surface area contributed by atoms with Gasteiger partial charge in [0.25, 0.3) is 11.5 Å². The molecule has 1 amide bonds. The number of carbonyl (C=O) groups excluding carboxylic acids is 1. The molecule has 0 aromatic carbocycles. The molecule has 0 radical (unpaired) electrons.